The summed E-state index contributed by atoms with van der Waals surface area (Å²) in [7, 11) is 0. The number of amides is 1. The third-order valence-corrected chi connectivity index (χ3v) is 5.39. The first-order valence-electron chi connectivity index (χ1n) is 8.64. The van der Waals surface area contributed by atoms with Crippen LogP contribution in [0, 0.1) is 5.41 Å². The Balaban J connectivity index is 1.54. The summed E-state index contributed by atoms with van der Waals surface area (Å²) >= 11 is 0. The number of benzene rings is 1. The fourth-order valence-corrected chi connectivity index (χ4v) is 3.67. The Labute approximate surface area is 138 Å². The number of nitrogens with zero attached hydrogens (tertiary/aromatic N) is 1. The highest BCUT2D eigenvalue weighted by atomic mass is 16.2. The number of hydrogen-bond donors (Lipinski definition) is 1. The van der Waals surface area contributed by atoms with Crippen LogP contribution in [0.3, 0.4) is 0 Å². The molecule has 2 aliphatic rings. The Kier molecular flexibility index (Phi) is 4.53. The van der Waals surface area contributed by atoms with Crippen molar-refractivity contribution >= 4 is 11.7 Å². The van der Waals surface area contributed by atoms with Gasteiger partial charge in [-0.3, -0.25) is 9.59 Å². The van der Waals surface area contributed by atoms with Crippen molar-refractivity contribution < 1.29 is 9.59 Å². The van der Waals surface area contributed by atoms with E-state index in [1.54, 1.807) is 0 Å². The number of likely N-dealkylation sites (tertiary alicyclic amines) is 1. The third kappa shape index (κ3) is 3.47. The van der Waals surface area contributed by atoms with Gasteiger partial charge in [-0.1, -0.05) is 19.1 Å². The molecular weight excluding hydrogens is 288 g/mol. The molecule has 1 aliphatic carbocycles. The topological polar surface area (TPSA) is 63.4 Å². The highest BCUT2D eigenvalue weighted by molar-refractivity contribution is 5.98. The van der Waals surface area contributed by atoms with Gasteiger partial charge in [-0.2, -0.15) is 0 Å². The van der Waals surface area contributed by atoms with Gasteiger partial charge in [0.2, 0.25) is 5.91 Å². The van der Waals surface area contributed by atoms with Gasteiger partial charge >= 0.3 is 0 Å². The number of ketones is 1. The summed E-state index contributed by atoms with van der Waals surface area (Å²) in [6.07, 6.45) is 4.93. The molecule has 0 saturated carbocycles. The lowest BCUT2D eigenvalue weighted by Gasteiger charge is -2.22. The molecule has 124 valence electrons. The van der Waals surface area contributed by atoms with E-state index in [-0.39, 0.29) is 17.1 Å². The minimum atomic E-state index is 0.0413. The molecule has 0 radical (unpaired) electrons. The molecule has 1 saturated heterocycles. The lowest BCUT2D eigenvalue weighted by molar-refractivity contribution is -0.130. The number of carbonyl (C=O) groups excluding carboxylic acids is 2. The lowest BCUT2D eigenvalue weighted by Crippen LogP contribution is -2.34. The van der Waals surface area contributed by atoms with E-state index in [0.29, 0.717) is 19.4 Å². The molecule has 23 heavy (non-hydrogen) atoms. The van der Waals surface area contributed by atoms with Crippen molar-refractivity contribution in [1.29, 1.82) is 0 Å². The van der Waals surface area contributed by atoms with Crippen LogP contribution < -0.4 is 5.73 Å². The van der Waals surface area contributed by atoms with Gasteiger partial charge in [-0.05, 0) is 54.8 Å². The first-order chi connectivity index (χ1) is 11.0. The lowest BCUT2D eigenvalue weighted by atomic mass is 9.90. The molecule has 1 aromatic rings. The minimum Gasteiger partial charge on any atom is -0.342 e. The highest BCUT2D eigenvalue weighted by Crippen LogP contribution is 2.29. The van der Waals surface area contributed by atoms with Crippen LogP contribution in [-0.4, -0.2) is 36.2 Å². The maximum atomic E-state index is 12.4. The van der Waals surface area contributed by atoms with Crippen molar-refractivity contribution in [1.82, 2.24) is 4.90 Å². The monoisotopic (exact) mass is 314 g/mol. The van der Waals surface area contributed by atoms with Gasteiger partial charge in [0.15, 0.2) is 5.78 Å². The molecule has 1 unspecified atom stereocenters. The molecule has 3 rings (SSSR count). The Morgan fingerprint density at radius 3 is 2.74 bits per heavy atom. The van der Waals surface area contributed by atoms with Crippen LogP contribution >= 0.6 is 0 Å². The molecule has 1 aromatic carbocycles. The summed E-state index contributed by atoms with van der Waals surface area (Å²) in [6, 6.07) is 6.01. The molecule has 1 amide bonds. The summed E-state index contributed by atoms with van der Waals surface area (Å²) in [5, 5.41) is 0. The molecule has 0 aromatic heterocycles. The maximum absolute atomic E-state index is 12.4. The zero-order valence-electron chi connectivity index (χ0n) is 13.9. The van der Waals surface area contributed by atoms with Crippen LogP contribution in [0.2, 0.25) is 0 Å². The molecule has 0 bridgehead atoms. The maximum Gasteiger partial charge on any atom is 0.223 e. The summed E-state index contributed by atoms with van der Waals surface area (Å²) in [4.78, 5) is 26.5. The van der Waals surface area contributed by atoms with Crippen LogP contribution in [0.4, 0.5) is 0 Å². The summed E-state index contributed by atoms with van der Waals surface area (Å²) in [5.41, 5.74) is 9.26. The van der Waals surface area contributed by atoms with E-state index < -0.39 is 0 Å². The van der Waals surface area contributed by atoms with Crippen molar-refractivity contribution in [2.75, 3.05) is 19.6 Å². The Morgan fingerprint density at radius 1 is 1.22 bits per heavy atom. The molecule has 1 aliphatic heterocycles. The number of hydrogen-bond acceptors (Lipinski definition) is 3. The van der Waals surface area contributed by atoms with Gasteiger partial charge in [0.05, 0.1) is 0 Å². The molecule has 1 heterocycles. The first-order valence-corrected chi connectivity index (χ1v) is 8.64. The number of carbonyl (C=O) groups is 2. The smallest absolute Gasteiger partial charge is 0.223 e. The van der Waals surface area contributed by atoms with E-state index in [0.717, 1.165) is 37.9 Å². The van der Waals surface area contributed by atoms with Crippen molar-refractivity contribution in [2.24, 2.45) is 11.1 Å². The van der Waals surface area contributed by atoms with Gasteiger partial charge in [0.25, 0.3) is 0 Å². The predicted molar refractivity (Wildman–Crippen MR) is 90.4 cm³/mol. The Bertz CT molecular complexity index is 626. The van der Waals surface area contributed by atoms with E-state index in [1.165, 1.54) is 17.5 Å². The normalized spacial score (nSPS) is 23.1. The van der Waals surface area contributed by atoms with E-state index in [4.69, 9.17) is 5.73 Å². The molecule has 0 spiro atoms. The first kappa shape index (κ1) is 16.2. The number of nitrogens with two attached hydrogens (primary N) is 1. The predicted octanol–water partition coefficient (Wildman–Crippen LogP) is 2.34. The molecular formula is C19H26N2O2. The zero-order valence-corrected chi connectivity index (χ0v) is 13.9. The van der Waals surface area contributed by atoms with Gasteiger partial charge in [0, 0.05) is 31.5 Å². The standard InChI is InChI=1S/C19H26N2O2/c1-19(12-20)9-10-21(13-19)18(23)8-7-17(22)16-6-5-14-3-2-4-15(14)11-16/h5-6,11H,2-4,7-10,12-13,20H2,1H3. The average Bonchev–Trinajstić information content (AvgIpc) is 3.18. The van der Waals surface area contributed by atoms with Crippen molar-refractivity contribution in [3.63, 3.8) is 0 Å². The summed E-state index contributed by atoms with van der Waals surface area (Å²) in [6.45, 7) is 4.20. The molecule has 2 N–H and O–H groups in total. The van der Waals surface area contributed by atoms with E-state index >= 15 is 0 Å². The van der Waals surface area contributed by atoms with E-state index in [9.17, 15) is 9.59 Å². The van der Waals surface area contributed by atoms with Crippen LogP contribution in [0.5, 0.6) is 0 Å². The SMILES string of the molecule is CC1(CN)CCN(C(=O)CCC(=O)c2ccc3c(c2)CCC3)C1. The van der Waals surface area contributed by atoms with Crippen LogP contribution in [0.25, 0.3) is 0 Å². The molecule has 4 nitrogen and oxygen atoms in total. The fourth-order valence-electron chi connectivity index (χ4n) is 3.67. The number of Topliss-reactive ketones (excluding diaryl/α,β-unsaturated/α-hetero) is 1. The second kappa shape index (κ2) is 6.44. The van der Waals surface area contributed by atoms with Crippen LogP contribution in [0.1, 0.15) is 54.1 Å². The molecule has 1 atom stereocenters. The average molecular weight is 314 g/mol. The second-order valence-electron chi connectivity index (χ2n) is 7.34. The van der Waals surface area contributed by atoms with Gasteiger partial charge in [0.1, 0.15) is 0 Å². The summed E-state index contributed by atoms with van der Waals surface area (Å²) in [5.74, 6) is 0.158. The highest BCUT2D eigenvalue weighted by Gasteiger charge is 2.34. The van der Waals surface area contributed by atoms with E-state index in [2.05, 4.69) is 13.0 Å². The van der Waals surface area contributed by atoms with Gasteiger partial charge in [-0.15, -0.1) is 0 Å². The van der Waals surface area contributed by atoms with Gasteiger partial charge in [-0.25, -0.2) is 0 Å². The fraction of sp³-hybridized carbons (Fsp3) is 0.579. The Hall–Kier alpha value is -1.68. The van der Waals surface area contributed by atoms with Crippen LogP contribution in [-0.2, 0) is 17.6 Å². The van der Waals surface area contributed by atoms with Crippen molar-refractivity contribution in [3.8, 4) is 0 Å². The largest absolute Gasteiger partial charge is 0.342 e. The molecule has 1 fully saturated rings. The van der Waals surface area contributed by atoms with E-state index in [1.807, 2.05) is 17.0 Å². The summed E-state index contributed by atoms with van der Waals surface area (Å²) < 4.78 is 0. The number of aryl methyl sites for hydroxylation is 2. The Morgan fingerprint density at radius 2 is 2.00 bits per heavy atom. The quantitative estimate of drug-likeness (QED) is 0.849. The number of rotatable bonds is 5. The third-order valence-electron chi connectivity index (χ3n) is 5.39. The minimum absolute atomic E-state index is 0.0413. The van der Waals surface area contributed by atoms with Crippen molar-refractivity contribution in [3.05, 3.63) is 34.9 Å². The molecule has 4 heteroatoms. The zero-order chi connectivity index (χ0) is 16.4. The second-order valence-corrected chi connectivity index (χ2v) is 7.34. The van der Waals surface area contributed by atoms with Gasteiger partial charge < -0.3 is 10.6 Å². The van der Waals surface area contributed by atoms with Crippen LogP contribution in [0.15, 0.2) is 18.2 Å². The number of fused-ring (bicyclic) bond motifs is 1. The van der Waals surface area contributed by atoms with Crippen molar-refractivity contribution in [2.45, 2.75) is 45.4 Å².